The summed E-state index contributed by atoms with van der Waals surface area (Å²) in [6.45, 7) is 0. The maximum absolute atomic E-state index is 13.7. The van der Waals surface area contributed by atoms with Crippen LogP contribution in [0.2, 0.25) is 0 Å². The van der Waals surface area contributed by atoms with Crippen LogP contribution < -0.4 is 115 Å². The van der Waals surface area contributed by atoms with E-state index in [9.17, 15) is 98.2 Å². The minimum absolute atomic E-state index is 0. The van der Waals surface area contributed by atoms with Crippen LogP contribution in [-0.2, 0) is 60.7 Å². The molecule has 16 aromatic carbocycles. The molecule has 0 aliphatic carbocycles. The summed E-state index contributed by atoms with van der Waals surface area (Å²) in [7, 11) is -30.1. The summed E-state index contributed by atoms with van der Waals surface area (Å²) in [4.78, 5) is -4.76. The first-order valence-electron chi connectivity index (χ1n) is 40.0. The largest absolute Gasteiger partial charge is 1.00 e. The SMILES string of the molecule is Nc1ccc(N=Nc2ccc3cc(S(=O)(=O)O)c(N=Nc4ccc(Nc5ccc(N=Nc6c(S(=O)(=O)O)cc7ccc(N=Nc8ccc(N)cc8N)cc7c6O)cc5S(=O)(=O)O)cc4)c(O)c3c2)c(N)c1.Nc1ccc(N=Nc2ccc3cc(S(=O)(=O)O)c(N=Nc4ccc(Nc5ccc(N=Nc6c(S(=O)(=O)O)cc7ccc(N=Nc8ccc(N)cc8N)cc7c6[O-])cc5S(=O)(=O)O)cc4)c([O-])c3c2)c(N)c1.[Li+].[Na+]. The van der Waals surface area contributed by atoms with Gasteiger partial charge in [0.05, 0.1) is 91.0 Å². The number of benzene rings is 16. The molecule has 26 N–H and O–H groups in total. The summed E-state index contributed by atoms with van der Waals surface area (Å²) < 4.78 is 210. The first-order valence-corrected chi connectivity index (χ1v) is 48.6. The summed E-state index contributed by atoms with van der Waals surface area (Å²) in [6.07, 6.45) is 0. The number of hydrogen-bond donors (Lipinski definition) is 18. The standard InChI is InChI=1S/2C44H35N13O11S3.Li.Na/c2*45-24-3-12-35(33(47)17-24)54-51-28-5-1-22-15-39(70(63,64)65)41(43(58)31(22)19-28)56-50-27-9-7-26(8-10-27)49-37-14-11-30(21-38(37)69(60,61)62)53-57-42-40(71(66,67)68)16-23-2-6-29(20-32(23)44(42)59)52-55-36-13-4-25(46)18-34(36)48;;/h2*1-21,49,58-59H,45-48H2,(H,60,61,62)(H,63,64,65)(H,66,67,68);;/q;;2*+1/p-2. The third-order valence-electron chi connectivity index (χ3n) is 20.4. The van der Waals surface area contributed by atoms with Gasteiger partial charge in [0, 0.05) is 44.9 Å². The van der Waals surface area contributed by atoms with Crippen molar-refractivity contribution >= 4 is 263 Å². The molecule has 0 saturated heterocycles. The number of nitrogens with two attached hydrogens (primary N) is 8. The molecule has 0 aliphatic heterocycles. The summed E-state index contributed by atoms with van der Waals surface area (Å²) in [5, 5.41) is 120. The van der Waals surface area contributed by atoms with E-state index in [1.54, 1.807) is 36.4 Å². The molecule has 0 aliphatic rings. The zero-order chi connectivity index (χ0) is 102. The minimum atomic E-state index is -5.08. The first-order chi connectivity index (χ1) is 67.0. The molecule has 0 unspecified atom stereocenters. The Morgan fingerprint density at radius 3 is 0.708 bits per heavy atom. The Hall–Kier alpha value is -16.4. The number of hydrogen-bond acceptors (Lipinski definition) is 42. The summed E-state index contributed by atoms with van der Waals surface area (Å²) in [5.41, 5.74) is 48.1. The van der Waals surface area contributed by atoms with Gasteiger partial charge in [0.1, 0.15) is 63.5 Å². The minimum Gasteiger partial charge on any atom is -0.871 e. The summed E-state index contributed by atoms with van der Waals surface area (Å²) in [6, 6.07) is 56.9. The van der Waals surface area contributed by atoms with Gasteiger partial charge in [0.2, 0.25) is 0 Å². The fourth-order valence-corrected chi connectivity index (χ4v) is 17.5. The van der Waals surface area contributed by atoms with Gasteiger partial charge in [0.15, 0.2) is 11.5 Å². The van der Waals surface area contributed by atoms with Gasteiger partial charge in [0.25, 0.3) is 60.7 Å². The van der Waals surface area contributed by atoms with Crippen LogP contribution in [0.15, 0.2) is 366 Å². The van der Waals surface area contributed by atoms with Crippen LogP contribution in [0.25, 0.3) is 43.1 Å². The molecule has 0 bridgehead atoms. The van der Waals surface area contributed by atoms with Gasteiger partial charge >= 0.3 is 48.4 Å². The van der Waals surface area contributed by atoms with E-state index < -0.39 is 136 Å². The van der Waals surface area contributed by atoms with E-state index in [1.165, 1.54) is 182 Å². The van der Waals surface area contributed by atoms with Gasteiger partial charge in [-0.05, 0) is 263 Å². The van der Waals surface area contributed by atoms with Crippen LogP contribution in [0.4, 0.5) is 159 Å². The Balaban J connectivity index is 0.000000238. The third-order valence-corrected chi connectivity index (χ3v) is 25.6. The second-order valence-electron chi connectivity index (χ2n) is 30.3. The second kappa shape index (κ2) is 42.2. The van der Waals surface area contributed by atoms with Crippen LogP contribution in [0.1, 0.15) is 0 Å². The molecule has 0 amide bonds. The predicted octanol–water partition coefficient (Wildman–Crippen LogP) is 14.5. The van der Waals surface area contributed by atoms with Crippen LogP contribution in [0.3, 0.4) is 0 Å². The van der Waals surface area contributed by atoms with E-state index in [-0.39, 0.29) is 188 Å². The van der Waals surface area contributed by atoms with Crippen molar-refractivity contribution in [3.63, 3.8) is 0 Å². The molecule has 0 saturated carbocycles. The number of nitrogen functional groups attached to an aromatic ring is 8. The quantitative estimate of drug-likeness (QED) is 0.0104. The second-order valence-corrected chi connectivity index (χ2v) is 38.6. The molecular formula is C88H68LiN26NaO22S6. The molecule has 0 spiro atoms. The number of rotatable bonds is 26. The Bertz CT molecular complexity index is 8470. The number of phenols is 2. The van der Waals surface area contributed by atoms with Crippen LogP contribution in [0, 0.1) is 0 Å². The molecule has 0 heterocycles. The molecule has 144 heavy (non-hydrogen) atoms. The van der Waals surface area contributed by atoms with Crippen molar-refractivity contribution in [2.45, 2.75) is 29.4 Å². The average molecular weight is 2060 g/mol. The van der Waals surface area contributed by atoms with Crippen LogP contribution in [0.5, 0.6) is 23.0 Å². The molecule has 48 nitrogen and oxygen atoms in total. The van der Waals surface area contributed by atoms with E-state index in [0.29, 0.717) is 39.8 Å². The van der Waals surface area contributed by atoms with Gasteiger partial charge in [-0.15, -0.1) is 40.9 Å². The number of phenolic OH excluding ortho intramolecular Hbond substituents is 2. The monoisotopic (exact) mass is 2060 g/mol. The first kappa shape index (κ1) is 105. The van der Waals surface area contributed by atoms with E-state index in [4.69, 9.17) is 45.9 Å². The average Bonchev–Trinajstić information content (AvgIpc) is 0.772. The number of nitrogens with zero attached hydrogens (tertiary/aromatic N) is 16. The smallest absolute Gasteiger partial charge is 0.871 e. The number of anilines is 12. The van der Waals surface area contributed by atoms with Gasteiger partial charge in [-0.1, -0.05) is 35.8 Å². The zero-order valence-electron chi connectivity index (χ0n) is 73.8. The van der Waals surface area contributed by atoms with Crippen molar-refractivity contribution in [3.05, 3.63) is 255 Å². The fraction of sp³-hybridized carbons (Fsp3) is 0. The molecule has 0 fully saturated rings. The number of fused-ring (bicyclic) bond motifs is 4. The summed E-state index contributed by atoms with van der Waals surface area (Å²) in [5.74, 6) is -3.33. The van der Waals surface area contributed by atoms with Gasteiger partial charge < -0.3 is 76.9 Å². The number of aromatic hydroxyl groups is 2. The molecule has 0 aromatic heterocycles. The Kier molecular flexibility index (Phi) is 30.8. The molecule has 0 radical (unpaired) electrons. The number of nitrogens with one attached hydrogen (secondary N) is 2. The molecule has 16 aromatic rings. The van der Waals surface area contributed by atoms with Crippen molar-refractivity contribution in [3.8, 4) is 23.0 Å². The van der Waals surface area contributed by atoms with Gasteiger partial charge in [-0.3, -0.25) is 27.3 Å². The molecule has 720 valence electrons. The maximum Gasteiger partial charge on any atom is 1.00 e. The van der Waals surface area contributed by atoms with Crippen molar-refractivity contribution in [2.24, 2.45) is 81.8 Å². The molecule has 0 atom stereocenters. The van der Waals surface area contributed by atoms with Crippen molar-refractivity contribution in [2.75, 3.05) is 56.5 Å². The number of azo groups is 8. The van der Waals surface area contributed by atoms with Gasteiger partial charge in [-0.25, -0.2) is 0 Å². The normalized spacial score (nSPS) is 12.4. The Labute approximate surface area is 848 Å². The van der Waals surface area contributed by atoms with E-state index >= 15 is 0 Å². The topological polar surface area (TPSA) is 843 Å². The zero-order valence-corrected chi connectivity index (χ0v) is 80.7. The molecule has 16 rings (SSSR count). The third kappa shape index (κ3) is 24.6. The Morgan fingerprint density at radius 2 is 0.444 bits per heavy atom. The fourth-order valence-electron chi connectivity index (χ4n) is 13.6. The van der Waals surface area contributed by atoms with Crippen molar-refractivity contribution < 1.29 is 147 Å². The van der Waals surface area contributed by atoms with Crippen LogP contribution >= 0.6 is 0 Å². The van der Waals surface area contributed by atoms with E-state index in [1.807, 2.05) is 0 Å². The van der Waals surface area contributed by atoms with E-state index in [0.717, 1.165) is 36.4 Å². The predicted molar refractivity (Wildman–Crippen MR) is 524 cm³/mol. The summed E-state index contributed by atoms with van der Waals surface area (Å²) >= 11 is 0. The van der Waals surface area contributed by atoms with Crippen molar-refractivity contribution in [1.82, 2.24) is 0 Å². The van der Waals surface area contributed by atoms with Crippen molar-refractivity contribution in [1.29, 1.82) is 0 Å². The molecule has 56 heteroatoms. The molecular weight excluding hydrogens is 2000 g/mol. The maximum atomic E-state index is 13.7. The Morgan fingerprint density at radius 1 is 0.229 bits per heavy atom. The van der Waals surface area contributed by atoms with E-state index in [2.05, 4.69) is 92.5 Å². The van der Waals surface area contributed by atoms with Crippen LogP contribution in [-0.4, -0.2) is 88.0 Å². The van der Waals surface area contributed by atoms with Gasteiger partial charge in [-0.2, -0.15) is 91.4 Å².